The number of hydrogen-bond acceptors (Lipinski definition) is 3. The van der Waals surface area contributed by atoms with Gasteiger partial charge in [-0.25, -0.2) is 4.79 Å². The van der Waals surface area contributed by atoms with Crippen LogP contribution >= 0.6 is 0 Å². The summed E-state index contributed by atoms with van der Waals surface area (Å²) in [6.45, 7) is 0.481. The van der Waals surface area contributed by atoms with Crippen molar-refractivity contribution in [3.63, 3.8) is 0 Å². The quantitative estimate of drug-likeness (QED) is 0.710. The molecule has 5 heteroatoms. The van der Waals surface area contributed by atoms with E-state index < -0.39 is 11.7 Å². The molecule has 1 aliphatic heterocycles. The summed E-state index contributed by atoms with van der Waals surface area (Å²) in [5.41, 5.74) is -0.402. The van der Waals surface area contributed by atoms with Crippen LogP contribution in [0.4, 0.5) is 4.79 Å². The Morgan fingerprint density at radius 2 is 2.40 bits per heavy atom. The molecule has 15 heavy (non-hydrogen) atoms. The lowest BCUT2D eigenvalue weighted by molar-refractivity contribution is 0.0456. The molecular weight excluding hydrogens is 196 g/mol. The van der Waals surface area contributed by atoms with E-state index in [1.165, 1.54) is 4.90 Å². The van der Waals surface area contributed by atoms with E-state index in [0.29, 0.717) is 18.5 Å². The second-order valence-electron chi connectivity index (χ2n) is 3.73. The summed E-state index contributed by atoms with van der Waals surface area (Å²) in [4.78, 5) is 15.9. The van der Waals surface area contributed by atoms with E-state index in [4.69, 9.17) is 5.11 Å². The minimum atomic E-state index is -1.08. The van der Waals surface area contributed by atoms with E-state index in [9.17, 15) is 9.90 Å². The van der Waals surface area contributed by atoms with Crippen LogP contribution in [0.3, 0.4) is 0 Å². The van der Waals surface area contributed by atoms with Crippen LogP contribution in [-0.4, -0.2) is 39.3 Å². The first kappa shape index (κ1) is 9.92. The third-order valence-electron chi connectivity index (χ3n) is 2.72. The van der Waals surface area contributed by atoms with Gasteiger partial charge in [0.15, 0.2) is 0 Å². The molecule has 0 bridgehead atoms. The molecule has 1 saturated heterocycles. The van der Waals surface area contributed by atoms with Gasteiger partial charge in [-0.05, 0) is 12.5 Å². The number of carbonyl (C=O) groups is 1. The van der Waals surface area contributed by atoms with E-state index in [1.807, 2.05) is 0 Å². The second kappa shape index (κ2) is 3.51. The van der Waals surface area contributed by atoms with Gasteiger partial charge in [-0.2, -0.15) is 0 Å². The smallest absolute Gasteiger partial charge is 0.407 e. The topological polar surface area (TPSA) is 73.7 Å². The first-order valence-electron chi connectivity index (χ1n) is 4.72. The van der Waals surface area contributed by atoms with Crippen LogP contribution in [0.15, 0.2) is 24.5 Å². The van der Waals surface area contributed by atoms with Crippen molar-refractivity contribution in [2.75, 3.05) is 13.1 Å². The number of rotatable bonds is 1. The van der Waals surface area contributed by atoms with E-state index in [-0.39, 0.29) is 6.54 Å². The van der Waals surface area contributed by atoms with Gasteiger partial charge in [0, 0.05) is 24.5 Å². The summed E-state index contributed by atoms with van der Waals surface area (Å²) in [5.74, 6) is 0. The van der Waals surface area contributed by atoms with Crippen LogP contribution < -0.4 is 0 Å². The van der Waals surface area contributed by atoms with Crippen LogP contribution in [0.2, 0.25) is 0 Å². The number of hydrogen-bond donors (Lipinski definition) is 2. The predicted molar refractivity (Wildman–Crippen MR) is 52.3 cm³/mol. The molecule has 1 unspecified atom stereocenters. The molecule has 1 fully saturated rings. The number of likely N-dealkylation sites (tertiary alicyclic amines) is 1. The van der Waals surface area contributed by atoms with Gasteiger partial charge in [0.05, 0.1) is 6.54 Å². The first-order valence-corrected chi connectivity index (χ1v) is 4.72. The summed E-state index contributed by atoms with van der Waals surface area (Å²) < 4.78 is 0. The molecule has 0 spiro atoms. The molecule has 0 aromatic carbocycles. The van der Waals surface area contributed by atoms with Gasteiger partial charge in [-0.1, -0.05) is 6.07 Å². The lowest BCUT2D eigenvalue weighted by atomic mass is 9.95. The molecule has 80 valence electrons. The maximum atomic E-state index is 10.7. The van der Waals surface area contributed by atoms with Gasteiger partial charge in [-0.3, -0.25) is 4.98 Å². The van der Waals surface area contributed by atoms with Crippen LogP contribution in [0.1, 0.15) is 12.0 Å². The minimum absolute atomic E-state index is 0.119. The van der Waals surface area contributed by atoms with Crippen molar-refractivity contribution >= 4 is 6.09 Å². The van der Waals surface area contributed by atoms with E-state index in [2.05, 4.69) is 4.98 Å². The Morgan fingerprint density at radius 1 is 1.60 bits per heavy atom. The highest BCUT2D eigenvalue weighted by atomic mass is 16.4. The zero-order valence-corrected chi connectivity index (χ0v) is 8.13. The Morgan fingerprint density at radius 3 is 2.93 bits per heavy atom. The van der Waals surface area contributed by atoms with E-state index in [0.717, 1.165) is 0 Å². The number of β-amino-alcohol motifs (C(OH)–C–C–N with tert-alkyl or cyclic N) is 1. The average molecular weight is 208 g/mol. The Bertz CT molecular complexity index is 368. The van der Waals surface area contributed by atoms with Crippen LogP contribution in [-0.2, 0) is 5.60 Å². The molecule has 0 aliphatic carbocycles. The fourth-order valence-electron chi connectivity index (χ4n) is 1.83. The zero-order chi connectivity index (χ0) is 10.9. The number of nitrogens with zero attached hydrogens (tertiary/aromatic N) is 2. The summed E-state index contributed by atoms with van der Waals surface area (Å²) >= 11 is 0. The standard InChI is InChI=1S/C10H12N2O3/c13-9(14)12-5-3-10(15,7-12)8-2-1-4-11-6-8/h1-2,4,6,15H,3,5,7H2,(H,13,14). The Balaban J connectivity index is 2.20. The molecule has 2 N–H and O–H groups in total. The van der Waals surface area contributed by atoms with Crippen molar-refractivity contribution in [2.45, 2.75) is 12.0 Å². The summed E-state index contributed by atoms with van der Waals surface area (Å²) in [6, 6.07) is 3.50. The minimum Gasteiger partial charge on any atom is -0.465 e. The predicted octanol–water partition coefficient (Wildman–Crippen LogP) is 0.653. The molecule has 1 amide bonds. The fraction of sp³-hybridized carbons (Fsp3) is 0.400. The highest BCUT2D eigenvalue weighted by Crippen LogP contribution is 2.31. The van der Waals surface area contributed by atoms with Gasteiger partial charge in [0.2, 0.25) is 0 Å². The van der Waals surface area contributed by atoms with Crippen molar-refractivity contribution in [2.24, 2.45) is 0 Å². The number of pyridine rings is 1. The fourth-order valence-corrected chi connectivity index (χ4v) is 1.83. The molecule has 1 aliphatic rings. The first-order chi connectivity index (χ1) is 7.12. The molecule has 2 heterocycles. The number of carboxylic acid groups (broad SMARTS) is 1. The summed E-state index contributed by atoms with van der Waals surface area (Å²) in [5, 5.41) is 19.0. The maximum Gasteiger partial charge on any atom is 0.407 e. The lowest BCUT2D eigenvalue weighted by Gasteiger charge is -2.22. The normalized spacial score (nSPS) is 25.5. The van der Waals surface area contributed by atoms with Crippen molar-refractivity contribution in [1.82, 2.24) is 9.88 Å². The van der Waals surface area contributed by atoms with Gasteiger partial charge in [-0.15, -0.1) is 0 Å². The third-order valence-corrected chi connectivity index (χ3v) is 2.72. The molecule has 1 aromatic heterocycles. The van der Waals surface area contributed by atoms with Crippen LogP contribution in [0.25, 0.3) is 0 Å². The molecule has 1 aromatic rings. The molecule has 1 atom stereocenters. The monoisotopic (exact) mass is 208 g/mol. The Labute approximate surface area is 87.0 Å². The number of amides is 1. The number of aromatic nitrogens is 1. The average Bonchev–Trinajstić information content (AvgIpc) is 2.64. The van der Waals surface area contributed by atoms with Crippen molar-refractivity contribution in [3.05, 3.63) is 30.1 Å². The highest BCUT2D eigenvalue weighted by Gasteiger charge is 2.39. The molecular formula is C10H12N2O3. The van der Waals surface area contributed by atoms with Gasteiger partial charge in [0.25, 0.3) is 0 Å². The molecule has 5 nitrogen and oxygen atoms in total. The maximum absolute atomic E-state index is 10.7. The molecule has 0 radical (unpaired) electrons. The highest BCUT2D eigenvalue weighted by molar-refractivity contribution is 5.65. The SMILES string of the molecule is O=C(O)N1CCC(O)(c2cccnc2)C1. The summed E-state index contributed by atoms with van der Waals surface area (Å²) in [6.07, 6.45) is 2.63. The van der Waals surface area contributed by atoms with Gasteiger partial charge < -0.3 is 15.1 Å². The van der Waals surface area contributed by atoms with Crippen molar-refractivity contribution < 1.29 is 15.0 Å². The molecule has 0 saturated carbocycles. The van der Waals surface area contributed by atoms with Gasteiger partial charge in [0.1, 0.15) is 5.60 Å². The molecule has 2 rings (SSSR count). The summed E-state index contributed by atoms with van der Waals surface area (Å²) in [7, 11) is 0. The van der Waals surface area contributed by atoms with E-state index in [1.54, 1.807) is 24.5 Å². The van der Waals surface area contributed by atoms with Crippen molar-refractivity contribution in [1.29, 1.82) is 0 Å². The zero-order valence-electron chi connectivity index (χ0n) is 8.13. The number of aliphatic hydroxyl groups is 1. The van der Waals surface area contributed by atoms with Crippen molar-refractivity contribution in [3.8, 4) is 0 Å². The third kappa shape index (κ3) is 1.78. The Hall–Kier alpha value is -1.62. The van der Waals surface area contributed by atoms with Crippen LogP contribution in [0, 0.1) is 0 Å². The van der Waals surface area contributed by atoms with Crippen LogP contribution in [0.5, 0.6) is 0 Å². The largest absolute Gasteiger partial charge is 0.465 e. The van der Waals surface area contributed by atoms with Gasteiger partial charge >= 0.3 is 6.09 Å². The second-order valence-corrected chi connectivity index (χ2v) is 3.73. The Kier molecular flexibility index (Phi) is 2.32. The van der Waals surface area contributed by atoms with E-state index >= 15 is 0 Å². The lowest BCUT2D eigenvalue weighted by Crippen LogP contribution is -2.33.